The first-order chi connectivity index (χ1) is 12.3. The van der Waals surface area contributed by atoms with E-state index in [-0.39, 0.29) is 5.41 Å². The minimum Gasteiger partial charge on any atom is -0.269 e. The molecule has 0 aliphatic heterocycles. The van der Waals surface area contributed by atoms with Gasteiger partial charge in [-0.25, -0.2) is 4.98 Å². The smallest absolute Gasteiger partial charge is 0.269 e. The van der Waals surface area contributed by atoms with Gasteiger partial charge in [0, 0.05) is 10.8 Å². The first kappa shape index (κ1) is 17.9. The third-order valence-electron chi connectivity index (χ3n) is 4.46. The van der Waals surface area contributed by atoms with E-state index in [0.29, 0.717) is 5.69 Å². The molecule has 4 rings (SSSR count). The van der Waals surface area contributed by atoms with Crippen molar-refractivity contribution in [1.82, 2.24) is 4.98 Å². The Balaban J connectivity index is 1.52. The number of nitrogens with one attached hydrogen (secondary N) is 1. The average Bonchev–Trinajstić information content (AvgIpc) is 2.99. The van der Waals surface area contributed by atoms with E-state index in [9.17, 15) is 8.42 Å². The summed E-state index contributed by atoms with van der Waals surface area (Å²) in [6.07, 6.45) is 3.01. The minimum absolute atomic E-state index is 0.0521. The van der Waals surface area contributed by atoms with Gasteiger partial charge in [-0.2, -0.15) is 8.42 Å². The van der Waals surface area contributed by atoms with E-state index in [2.05, 4.69) is 5.38 Å². The van der Waals surface area contributed by atoms with Gasteiger partial charge in [-0.15, -0.1) is 22.7 Å². The van der Waals surface area contributed by atoms with Gasteiger partial charge < -0.3 is 0 Å². The molecule has 1 aromatic carbocycles. The predicted octanol–water partition coefficient (Wildman–Crippen LogP) is 5.01. The zero-order valence-corrected chi connectivity index (χ0v) is 16.7. The van der Waals surface area contributed by atoms with Crippen molar-refractivity contribution >= 4 is 50.3 Å². The lowest BCUT2D eigenvalue weighted by atomic mass is 9.94. The molecule has 3 aromatic rings. The number of nitrogens with zero attached hydrogens (tertiary/aromatic N) is 1. The van der Waals surface area contributed by atoms with E-state index in [1.54, 1.807) is 34.8 Å². The Morgan fingerprint density at radius 2 is 1.92 bits per heavy atom. The summed E-state index contributed by atoms with van der Waals surface area (Å²) in [7, 11) is -4.25. The lowest BCUT2D eigenvalue weighted by Crippen LogP contribution is -2.12. The van der Waals surface area contributed by atoms with Crippen LogP contribution in [0.25, 0.3) is 9.88 Å². The highest BCUT2D eigenvalue weighted by molar-refractivity contribution is 7.87. The molecular weight excluding hydrogens is 412 g/mol. The molecule has 0 bridgehead atoms. The van der Waals surface area contributed by atoms with Crippen LogP contribution in [0.2, 0.25) is 5.02 Å². The molecule has 2 N–H and O–H groups in total. The number of aromatic nitrogens is 1. The zero-order valence-electron chi connectivity index (χ0n) is 13.5. The Morgan fingerprint density at radius 3 is 2.50 bits per heavy atom. The molecule has 26 heavy (non-hydrogen) atoms. The van der Waals surface area contributed by atoms with Crippen LogP contribution < -0.4 is 4.72 Å². The van der Waals surface area contributed by atoms with E-state index in [0.717, 1.165) is 45.4 Å². The van der Waals surface area contributed by atoms with Gasteiger partial charge in [0.25, 0.3) is 0 Å². The molecule has 2 heterocycles. The largest absolute Gasteiger partial charge is 0.357 e. The Labute approximate surface area is 164 Å². The van der Waals surface area contributed by atoms with Crippen LogP contribution in [0.1, 0.15) is 24.1 Å². The second-order valence-corrected chi connectivity index (χ2v) is 9.70. The van der Waals surface area contributed by atoms with Crippen LogP contribution >= 0.6 is 34.3 Å². The molecule has 1 aliphatic rings. The van der Waals surface area contributed by atoms with Crippen molar-refractivity contribution in [3.05, 3.63) is 57.4 Å². The van der Waals surface area contributed by atoms with E-state index < -0.39 is 10.3 Å². The molecule has 1 fully saturated rings. The fraction of sp³-hybridized carbons (Fsp3) is 0.235. The summed E-state index contributed by atoms with van der Waals surface area (Å²) in [5.41, 5.74) is 2.59. The Bertz CT molecular complexity index is 1040. The highest BCUT2D eigenvalue weighted by Gasteiger charge is 2.46. The number of rotatable bonds is 6. The Kier molecular flexibility index (Phi) is 4.56. The van der Waals surface area contributed by atoms with Crippen molar-refractivity contribution in [2.45, 2.75) is 24.7 Å². The number of benzene rings is 1. The number of hydrogen-bond acceptors (Lipinski definition) is 5. The SMILES string of the molecule is O=S(=O)(O)Nc1ccc(CC2(c3csc(-c4sccc4Cl)n3)CC2)cc1. The molecule has 1 saturated carbocycles. The molecule has 0 radical (unpaired) electrons. The zero-order chi connectivity index (χ0) is 18.4. The number of halogens is 1. The predicted molar refractivity (Wildman–Crippen MR) is 107 cm³/mol. The monoisotopic (exact) mass is 426 g/mol. The van der Waals surface area contributed by atoms with Crippen LogP contribution in [0, 0.1) is 0 Å². The molecule has 5 nitrogen and oxygen atoms in total. The maximum Gasteiger partial charge on any atom is 0.357 e. The second-order valence-electron chi connectivity index (χ2n) is 6.37. The van der Waals surface area contributed by atoms with E-state index in [1.807, 2.05) is 28.3 Å². The fourth-order valence-corrected chi connectivity index (χ4v) is 5.67. The van der Waals surface area contributed by atoms with Crippen molar-refractivity contribution in [2.75, 3.05) is 4.72 Å². The van der Waals surface area contributed by atoms with Crippen molar-refractivity contribution in [1.29, 1.82) is 0 Å². The van der Waals surface area contributed by atoms with Crippen molar-refractivity contribution in [3.63, 3.8) is 0 Å². The quantitative estimate of drug-likeness (QED) is 0.542. The van der Waals surface area contributed by atoms with Crippen molar-refractivity contribution in [2.24, 2.45) is 0 Å². The number of thiazole rings is 1. The molecule has 0 amide bonds. The van der Waals surface area contributed by atoms with Gasteiger partial charge in [-0.1, -0.05) is 23.7 Å². The molecular formula is C17H15ClN2O3S3. The molecule has 0 atom stereocenters. The van der Waals surface area contributed by atoms with Crippen LogP contribution in [-0.2, 0) is 22.1 Å². The van der Waals surface area contributed by atoms with E-state index >= 15 is 0 Å². The number of hydrogen-bond donors (Lipinski definition) is 2. The second kappa shape index (κ2) is 6.61. The summed E-state index contributed by atoms with van der Waals surface area (Å²) in [4.78, 5) is 5.84. The van der Waals surface area contributed by atoms with Gasteiger partial charge in [-0.3, -0.25) is 9.27 Å². The van der Waals surface area contributed by atoms with E-state index in [1.165, 1.54) is 0 Å². The highest BCUT2D eigenvalue weighted by Crippen LogP contribution is 2.51. The minimum atomic E-state index is -4.25. The summed E-state index contributed by atoms with van der Waals surface area (Å²) in [6, 6.07) is 8.93. The topological polar surface area (TPSA) is 79.3 Å². The normalized spacial score (nSPS) is 15.8. The maximum absolute atomic E-state index is 10.9. The van der Waals surface area contributed by atoms with Gasteiger partial charge in [0.2, 0.25) is 0 Å². The fourth-order valence-electron chi connectivity index (χ4n) is 2.97. The third-order valence-corrected chi connectivity index (χ3v) is 7.29. The molecule has 1 aliphatic carbocycles. The average molecular weight is 427 g/mol. The highest BCUT2D eigenvalue weighted by atomic mass is 35.5. The van der Waals surface area contributed by atoms with Crippen LogP contribution in [0.5, 0.6) is 0 Å². The lowest BCUT2D eigenvalue weighted by Gasteiger charge is -2.13. The summed E-state index contributed by atoms with van der Waals surface area (Å²) in [5, 5.41) is 5.78. The number of anilines is 1. The summed E-state index contributed by atoms with van der Waals surface area (Å²) >= 11 is 9.43. The molecule has 136 valence electrons. The summed E-state index contributed by atoms with van der Waals surface area (Å²) in [5.74, 6) is 0. The molecule has 0 unspecified atom stereocenters. The standard InChI is InChI=1S/C17H15ClN2O3S3/c18-13-5-8-24-15(13)16-19-14(10-25-16)17(6-7-17)9-11-1-3-12(4-2-11)20-26(21,22)23/h1-5,8,10,20H,6-7,9H2,(H,21,22,23). The molecule has 0 saturated heterocycles. The third kappa shape index (κ3) is 3.79. The van der Waals surface area contributed by atoms with Gasteiger partial charge in [-0.05, 0) is 48.4 Å². The van der Waals surface area contributed by atoms with Crippen LogP contribution in [0.15, 0.2) is 41.1 Å². The van der Waals surface area contributed by atoms with Gasteiger partial charge in [0.1, 0.15) is 5.01 Å². The molecule has 0 spiro atoms. The Hall–Kier alpha value is -1.45. The Morgan fingerprint density at radius 1 is 1.19 bits per heavy atom. The van der Waals surface area contributed by atoms with E-state index in [4.69, 9.17) is 21.1 Å². The summed E-state index contributed by atoms with van der Waals surface area (Å²) in [6.45, 7) is 0. The molecule has 9 heteroatoms. The van der Waals surface area contributed by atoms with Gasteiger partial charge in [0.15, 0.2) is 0 Å². The van der Waals surface area contributed by atoms with Crippen molar-refractivity contribution < 1.29 is 13.0 Å². The number of thiophene rings is 1. The van der Waals surface area contributed by atoms with Gasteiger partial charge in [0.05, 0.1) is 21.3 Å². The van der Waals surface area contributed by atoms with Crippen molar-refractivity contribution in [3.8, 4) is 9.88 Å². The first-order valence-corrected chi connectivity index (χ1v) is 11.5. The first-order valence-electron chi connectivity index (χ1n) is 7.88. The van der Waals surface area contributed by atoms with Gasteiger partial charge >= 0.3 is 10.3 Å². The van der Waals surface area contributed by atoms with Crippen LogP contribution in [0.3, 0.4) is 0 Å². The van der Waals surface area contributed by atoms with Crippen LogP contribution in [0.4, 0.5) is 5.69 Å². The lowest BCUT2D eigenvalue weighted by molar-refractivity contribution is 0.489. The maximum atomic E-state index is 10.9. The van der Waals surface area contributed by atoms with Crippen LogP contribution in [-0.4, -0.2) is 18.0 Å². The molecule has 2 aromatic heterocycles. The summed E-state index contributed by atoms with van der Waals surface area (Å²) < 4.78 is 32.6.